The lowest BCUT2D eigenvalue weighted by molar-refractivity contribution is 0.331. The number of aromatic nitrogens is 1. The van der Waals surface area contributed by atoms with E-state index in [1.54, 1.807) is 5.56 Å². The Kier molecular flexibility index (Phi) is 7.66. The van der Waals surface area contributed by atoms with Gasteiger partial charge in [0.1, 0.15) is 0 Å². The highest BCUT2D eigenvalue weighted by molar-refractivity contribution is 7.26. The minimum atomic E-state index is -0.165. The minimum absolute atomic E-state index is 0.0369. The van der Waals surface area contributed by atoms with Gasteiger partial charge in [0, 0.05) is 64.4 Å². The molecule has 0 atom stereocenters. The number of thiophene rings is 1. The molecule has 0 N–H and O–H groups in total. The average Bonchev–Trinajstić information content (AvgIpc) is 4.00. The molecule has 0 spiro atoms. The van der Waals surface area contributed by atoms with E-state index in [0.29, 0.717) is 0 Å². The molecule has 70 heavy (non-hydrogen) atoms. The molecule has 2 aromatic heterocycles. The molecule has 8 aromatic carbocycles. The van der Waals surface area contributed by atoms with Gasteiger partial charge in [-0.2, -0.15) is 0 Å². The Morgan fingerprint density at radius 3 is 1.89 bits per heavy atom. The Bertz CT molecular complexity index is 4050. The van der Waals surface area contributed by atoms with Crippen LogP contribution in [0, 0.1) is 0 Å². The molecule has 0 saturated carbocycles. The van der Waals surface area contributed by atoms with Gasteiger partial charge in [-0.1, -0.05) is 149 Å². The summed E-state index contributed by atoms with van der Waals surface area (Å²) in [5.74, 6) is 0. The topological polar surface area (TPSA) is 8.17 Å². The maximum Gasteiger partial charge on any atom is 0.333 e. The minimum Gasteiger partial charge on any atom is -0.376 e. The van der Waals surface area contributed by atoms with Crippen LogP contribution in [0.4, 0.5) is 11.4 Å². The van der Waals surface area contributed by atoms with Crippen molar-refractivity contribution in [2.75, 3.05) is 4.81 Å². The second-order valence-corrected chi connectivity index (χ2v) is 26.3. The van der Waals surface area contributed by atoms with Crippen LogP contribution < -0.4 is 15.7 Å². The van der Waals surface area contributed by atoms with Crippen LogP contribution in [-0.4, -0.2) is 11.4 Å². The second-order valence-electron chi connectivity index (χ2n) is 25.2. The standard InChI is InChI=1S/C66H59BN2S/c1-62(2,3)36-20-22-37(23-21-36)69-56-32-44-42-28-52-53(64(6,7)27-26-63(52,4)5)34-51(42)66(10,11)50(44)29-45(56)40-24-25-41-46-30-49-43(38-16-12-14-18-48(38)65(49,8)9)31-55(46)68-57-33-47-39-17-13-15-19-58(39)70-59(47)35-54(57)67(69)60(40)61(41)68/h12-25,28-35H,26-27H2,1-11H3. The summed E-state index contributed by atoms with van der Waals surface area (Å²) in [5.41, 5.74) is 27.7. The number of nitrogens with zero attached hydrogens (tertiary/aromatic N) is 2. The number of fused-ring (bicyclic) bond motifs is 18. The van der Waals surface area contributed by atoms with Gasteiger partial charge in [0.25, 0.3) is 0 Å². The van der Waals surface area contributed by atoms with Crippen LogP contribution in [0.1, 0.15) is 128 Å². The molecule has 15 rings (SSSR count). The van der Waals surface area contributed by atoms with Crippen LogP contribution in [0.15, 0.2) is 133 Å². The third-order valence-corrected chi connectivity index (χ3v) is 19.7. The molecule has 342 valence electrons. The van der Waals surface area contributed by atoms with E-state index in [1.807, 2.05) is 11.3 Å². The Balaban J connectivity index is 1.08. The van der Waals surface area contributed by atoms with E-state index >= 15 is 0 Å². The van der Waals surface area contributed by atoms with Crippen molar-refractivity contribution in [3.8, 4) is 39.1 Å². The molecule has 0 unspecified atom stereocenters. The lowest BCUT2D eigenvalue weighted by Gasteiger charge is -2.42. The first-order chi connectivity index (χ1) is 33.3. The second kappa shape index (κ2) is 12.9. The maximum atomic E-state index is 2.76. The highest BCUT2D eigenvalue weighted by atomic mass is 32.1. The maximum absolute atomic E-state index is 2.76. The Morgan fingerprint density at radius 1 is 0.471 bits per heavy atom. The smallest absolute Gasteiger partial charge is 0.333 e. The van der Waals surface area contributed by atoms with Crippen molar-refractivity contribution < 1.29 is 0 Å². The van der Waals surface area contributed by atoms with Crippen LogP contribution in [0.2, 0.25) is 0 Å². The molecule has 4 heterocycles. The number of anilines is 2. The van der Waals surface area contributed by atoms with Crippen LogP contribution in [0.5, 0.6) is 0 Å². The summed E-state index contributed by atoms with van der Waals surface area (Å²) in [5, 5.41) is 5.35. The molecule has 0 radical (unpaired) electrons. The average molecular weight is 923 g/mol. The first-order valence-electron chi connectivity index (χ1n) is 25.8. The van der Waals surface area contributed by atoms with Crippen LogP contribution in [0.25, 0.3) is 81.0 Å². The third-order valence-electron chi connectivity index (χ3n) is 18.6. The summed E-state index contributed by atoms with van der Waals surface area (Å²) in [6, 6.07) is 53.6. The largest absolute Gasteiger partial charge is 0.376 e. The quantitative estimate of drug-likeness (QED) is 0.149. The molecular formula is C66H59BN2S. The van der Waals surface area contributed by atoms with Crippen molar-refractivity contribution in [2.24, 2.45) is 0 Å². The fourth-order valence-corrected chi connectivity index (χ4v) is 15.6. The molecule has 2 nitrogen and oxygen atoms in total. The van der Waals surface area contributed by atoms with Gasteiger partial charge in [-0.15, -0.1) is 11.3 Å². The summed E-state index contributed by atoms with van der Waals surface area (Å²) < 4.78 is 5.38. The molecular weight excluding hydrogens is 864 g/mol. The SMILES string of the molecule is CC(C)(C)c1ccc(N2B3c4cc5sc6ccccc6c5cc4-n4c5cc6c(cc5c5ccc(c3c54)-c3cc4c(cc32)-c2cc3c(cc2C4(C)C)C(C)(C)CCC3(C)C)C(C)(C)c2ccccc2-6)cc1. The molecule has 4 heteroatoms. The van der Waals surface area contributed by atoms with Gasteiger partial charge in [-0.05, 0) is 167 Å². The third kappa shape index (κ3) is 5.06. The highest BCUT2D eigenvalue weighted by Gasteiger charge is 2.48. The summed E-state index contributed by atoms with van der Waals surface area (Å²) in [6.45, 7) is 26.6. The van der Waals surface area contributed by atoms with Gasteiger partial charge in [0.15, 0.2) is 0 Å². The predicted octanol–water partition coefficient (Wildman–Crippen LogP) is 16.6. The van der Waals surface area contributed by atoms with E-state index in [9.17, 15) is 0 Å². The number of benzene rings is 8. The Hall–Kier alpha value is -6.36. The molecule has 10 aromatic rings. The van der Waals surface area contributed by atoms with Crippen molar-refractivity contribution >= 4 is 82.5 Å². The molecule has 0 saturated heterocycles. The van der Waals surface area contributed by atoms with Crippen LogP contribution >= 0.6 is 11.3 Å². The zero-order valence-corrected chi connectivity index (χ0v) is 43.3. The fraction of sp³-hybridized carbons (Fsp3) is 0.273. The van der Waals surface area contributed by atoms with E-state index in [1.165, 1.54) is 150 Å². The lowest BCUT2D eigenvalue weighted by atomic mass is 9.44. The molecule has 0 fully saturated rings. The van der Waals surface area contributed by atoms with Crippen molar-refractivity contribution in [2.45, 2.75) is 116 Å². The van der Waals surface area contributed by atoms with E-state index in [-0.39, 0.29) is 33.9 Å². The predicted molar refractivity (Wildman–Crippen MR) is 302 cm³/mol. The highest BCUT2D eigenvalue weighted by Crippen LogP contribution is 2.58. The summed E-state index contributed by atoms with van der Waals surface area (Å²) in [6.07, 6.45) is 2.41. The number of hydrogen-bond acceptors (Lipinski definition) is 2. The van der Waals surface area contributed by atoms with E-state index < -0.39 is 0 Å². The molecule has 0 bridgehead atoms. The molecule has 0 amide bonds. The van der Waals surface area contributed by atoms with E-state index in [4.69, 9.17) is 0 Å². The molecule has 2 aliphatic heterocycles. The van der Waals surface area contributed by atoms with Crippen molar-refractivity contribution in [1.82, 2.24) is 4.57 Å². The van der Waals surface area contributed by atoms with Gasteiger partial charge in [-0.3, -0.25) is 0 Å². The van der Waals surface area contributed by atoms with Crippen LogP contribution in [0.3, 0.4) is 0 Å². The van der Waals surface area contributed by atoms with E-state index in [0.717, 1.165) is 0 Å². The van der Waals surface area contributed by atoms with Gasteiger partial charge in [0.2, 0.25) is 0 Å². The van der Waals surface area contributed by atoms with Crippen molar-refractivity contribution in [3.05, 3.63) is 172 Å². The molecule has 5 aliphatic rings. The lowest BCUT2D eigenvalue weighted by Crippen LogP contribution is -2.60. The Morgan fingerprint density at radius 2 is 1.11 bits per heavy atom. The van der Waals surface area contributed by atoms with Crippen LogP contribution in [-0.2, 0) is 27.1 Å². The first-order valence-corrected chi connectivity index (χ1v) is 26.6. The number of hydrogen-bond donors (Lipinski definition) is 0. The normalized spacial score (nSPS) is 17.9. The van der Waals surface area contributed by atoms with Crippen molar-refractivity contribution in [1.29, 1.82) is 0 Å². The fourth-order valence-electron chi connectivity index (χ4n) is 14.5. The Labute approximate surface area is 417 Å². The van der Waals surface area contributed by atoms with E-state index in [2.05, 4.69) is 219 Å². The van der Waals surface area contributed by atoms with Gasteiger partial charge >= 0.3 is 6.85 Å². The zero-order chi connectivity index (χ0) is 47.9. The summed E-state index contributed by atoms with van der Waals surface area (Å²) in [7, 11) is 0. The first kappa shape index (κ1) is 41.4. The summed E-state index contributed by atoms with van der Waals surface area (Å²) in [4.78, 5) is 2.76. The molecule has 3 aliphatic carbocycles. The number of rotatable bonds is 1. The van der Waals surface area contributed by atoms with Gasteiger partial charge in [0.05, 0.1) is 11.0 Å². The van der Waals surface area contributed by atoms with Gasteiger partial charge < -0.3 is 9.38 Å². The monoisotopic (exact) mass is 922 g/mol. The van der Waals surface area contributed by atoms with Gasteiger partial charge in [-0.25, -0.2) is 0 Å². The zero-order valence-electron chi connectivity index (χ0n) is 42.5. The van der Waals surface area contributed by atoms with Crippen molar-refractivity contribution in [3.63, 3.8) is 0 Å². The summed E-state index contributed by atoms with van der Waals surface area (Å²) >= 11 is 1.94.